The predicted octanol–water partition coefficient (Wildman–Crippen LogP) is 4.40. The van der Waals surface area contributed by atoms with Gasteiger partial charge >= 0.3 is 0 Å². The molecule has 5 nitrogen and oxygen atoms in total. The van der Waals surface area contributed by atoms with Crippen LogP contribution in [0.15, 0.2) is 54.7 Å². The van der Waals surface area contributed by atoms with Gasteiger partial charge in [-0.05, 0) is 48.9 Å². The number of ether oxygens (including phenoxy) is 1. The molecule has 2 heterocycles. The third-order valence-electron chi connectivity index (χ3n) is 4.48. The third-order valence-corrected chi connectivity index (χ3v) is 4.74. The quantitative estimate of drug-likeness (QED) is 0.743. The van der Waals surface area contributed by atoms with Crippen molar-refractivity contribution in [3.63, 3.8) is 0 Å². The van der Waals surface area contributed by atoms with Gasteiger partial charge in [-0.15, -0.1) is 0 Å². The maximum atomic E-state index is 12.3. The van der Waals surface area contributed by atoms with E-state index in [1.807, 2.05) is 49.5 Å². The summed E-state index contributed by atoms with van der Waals surface area (Å²) in [4.78, 5) is 12.3. The number of halogens is 1. The molecular formula is C20H18ClN3O2. The van der Waals surface area contributed by atoms with Crippen LogP contribution in [-0.4, -0.2) is 22.3 Å². The lowest BCUT2D eigenvalue weighted by atomic mass is 9.87. The smallest absolute Gasteiger partial charge is 0.226 e. The van der Waals surface area contributed by atoms with Crippen LogP contribution in [0.4, 0.5) is 5.82 Å². The molecule has 1 amide bonds. The van der Waals surface area contributed by atoms with Gasteiger partial charge in [-0.1, -0.05) is 23.7 Å². The number of aromatic nitrogens is 2. The molecule has 4 rings (SSSR count). The average Bonchev–Trinajstić information content (AvgIpc) is 3.06. The molecule has 2 aromatic carbocycles. The first-order chi connectivity index (χ1) is 12.7. The molecule has 0 fully saturated rings. The number of benzene rings is 2. The van der Waals surface area contributed by atoms with E-state index in [-0.39, 0.29) is 11.8 Å². The van der Waals surface area contributed by atoms with Crippen LogP contribution in [0.5, 0.6) is 5.75 Å². The topological polar surface area (TPSA) is 56.1 Å². The van der Waals surface area contributed by atoms with Gasteiger partial charge in [0.1, 0.15) is 11.6 Å². The van der Waals surface area contributed by atoms with Crippen LogP contribution in [0.25, 0.3) is 5.69 Å². The minimum atomic E-state index is -0.0320. The molecular weight excluding hydrogens is 350 g/mol. The number of fused-ring (bicyclic) bond motifs is 1. The Hall–Kier alpha value is -2.79. The number of carbonyl (C=O) groups excluding carboxylic acids is 1. The number of amides is 1. The van der Waals surface area contributed by atoms with Crippen LogP contribution in [0.3, 0.4) is 0 Å². The summed E-state index contributed by atoms with van der Waals surface area (Å²) in [6.07, 6.45) is 2.22. The monoisotopic (exact) mass is 367 g/mol. The number of nitrogens with zero attached hydrogens (tertiary/aromatic N) is 2. The van der Waals surface area contributed by atoms with Gasteiger partial charge in [0.2, 0.25) is 5.91 Å². The molecule has 0 saturated carbocycles. The zero-order valence-corrected chi connectivity index (χ0v) is 15.0. The van der Waals surface area contributed by atoms with Crippen molar-refractivity contribution < 1.29 is 9.53 Å². The molecule has 0 aliphatic carbocycles. The molecule has 132 valence electrons. The van der Waals surface area contributed by atoms with E-state index in [1.54, 1.807) is 16.8 Å². The lowest BCUT2D eigenvalue weighted by Gasteiger charge is -2.24. The van der Waals surface area contributed by atoms with Crippen LogP contribution in [0, 0.1) is 0 Å². The Labute approximate surface area is 156 Å². The maximum Gasteiger partial charge on any atom is 0.226 e. The van der Waals surface area contributed by atoms with Gasteiger partial charge in [0.25, 0.3) is 0 Å². The lowest BCUT2D eigenvalue weighted by Crippen LogP contribution is -2.24. The maximum absolute atomic E-state index is 12.3. The van der Waals surface area contributed by atoms with Crippen molar-refractivity contribution in [2.75, 3.05) is 11.9 Å². The van der Waals surface area contributed by atoms with Crippen LogP contribution in [0.2, 0.25) is 5.02 Å². The summed E-state index contributed by atoms with van der Waals surface area (Å²) in [7, 11) is 0. The summed E-state index contributed by atoms with van der Waals surface area (Å²) in [5.41, 5.74) is 2.92. The second kappa shape index (κ2) is 6.84. The molecule has 0 saturated heterocycles. The summed E-state index contributed by atoms with van der Waals surface area (Å²) < 4.78 is 7.24. The second-order valence-electron chi connectivity index (χ2n) is 6.14. The highest BCUT2D eigenvalue weighted by Crippen LogP contribution is 2.38. The number of nitrogens with one attached hydrogen (secondary N) is 1. The van der Waals surface area contributed by atoms with E-state index in [2.05, 4.69) is 10.4 Å². The SMILES string of the molecule is CCOc1ccc([C@H]2CC(=O)Nc3c2cnn3-c2ccc(Cl)cc2)cc1. The number of hydrogen-bond acceptors (Lipinski definition) is 3. The van der Waals surface area contributed by atoms with Crippen molar-refractivity contribution in [2.45, 2.75) is 19.3 Å². The van der Waals surface area contributed by atoms with E-state index in [4.69, 9.17) is 16.3 Å². The van der Waals surface area contributed by atoms with Crippen LogP contribution in [0.1, 0.15) is 30.4 Å². The Balaban J connectivity index is 1.72. The average molecular weight is 368 g/mol. The molecule has 0 unspecified atom stereocenters. The standard InChI is InChI=1S/C20H18ClN3O2/c1-2-26-16-9-3-13(4-10-16)17-11-19(25)23-20-18(17)12-22-24(20)15-7-5-14(21)6-8-15/h3-10,12,17H,2,11H2,1H3,(H,23,25)/t17-/m1/s1. The summed E-state index contributed by atoms with van der Waals surface area (Å²) in [6.45, 7) is 2.58. The van der Waals surface area contributed by atoms with Crippen molar-refractivity contribution in [1.82, 2.24) is 9.78 Å². The molecule has 6 heteroatoms. The summed E-state index contributed by atoms with van der Waals surface area (Å²) in [5, 5.41) is 8.10. The summed E-state index contributed by atoms with van der Waals surface area (Å²) >= 11 is 5.97. The first-order valence-corrected chi connectivity index (χ1v) is 8.90. The van der Waals surface area contributed by atoms with Gasteiger partial charge in [-0.2, -0.15) is 5.10 Å². The van der Waals surface area contributed by atoms with E-state index in [0.717, 1.165) is 22.6 Å². The first kappa shape index (κ1) is 16.7. The highest BCUT2D eigenvalue weighted by molar-refractivity contribution is 6.30. The van der Waals surface area contributed by atoms with Crippen molar-refractivity contribution in [3.8, 4) is 11.4 Å². The van der Waals surface area contributed by atoms with Crippen molar-refractivity contribution in [1.29, 1.82) is 0 Å². The van der Waals surface area contributed by atoms with Crippen molar-refractivity contribution in [2.24, 2.45) is 0 Å². The number of rotatable bonds is 4. The fraction of sp³-hybridized carbons (Fsp3) is 0.200. The number of carbonyl (C=O) groups is 1. The first-order valence-electron chi connectivity index (χ1n) is 8.52. The Bertz CT molecular complexity index is 933. The number of anilines is 1. The summed E-state index contributed by atoms with van der Waals surface area (Å²) in [6, 6.07) is 15.3. The molecule has 26 heavy (non-hydrogen) atoms. The largest absolute Gasteiger partial charge is 0.494 e. The van der Waals surface area contributed by atoms with E-state index in [9.17, 15) is 4.79 Å². The third kappa shape index (κ3) is 3.06. The second-order valence-corrected chi connectivity index (χ2v) is 6.58. The predicted molar refractivity (Wildman–Crippen MR) is 101 cm³/mol. The molecule has 3 aromatic rings. The van der Waals surface area contributed by atoms with Gasteiger partial charge in [-0.25, -0.2) is 4.68 Å². The Morgan fingerprint density at radius 1 is 1.19 bits per heavy atom. The molecule has 0 radical (unpaired) electrons. The molecule has 1 atom stereocenters. The Morgan fingerprint density at radius 3 is 2.62 bits per heavy atom. The Kier molecular flexibility index (Phi) is 4.39. The van der Waals surface area contributed by atoms with E-state index >= 15 is 0 Å². The number of hydrogen-bond donors (Lipinski definition) is 1. The van der Waals surface area contributed by atoms with Crippen LogP contribution in [-0.2, 0) is 4.79 Å². The zero-order chi connectivity index (χ0) is 18.1. The van der Waals surface area contributed by atoms with E-state index in [1.165, 1.54) is 0 Å². The van der Waals surface area contributed by atoms with Gasteiger partial charge in [0, 0.05) is 22.9 Å². The van der Waals surface area contributed by atoms with Gasteiger partial charge in [0.05, 0.1) is 18.5 Å². The van der Waals surface area contributed by atoms with Gasteiger partial charge in [0.15, 0.2) is 0 Å². The highest BCUT2D eigenvalue weighted by atomic mass is 35.5. The molecule has 1 aliphatic rings. The minimum absolute atomic E-state index is 0.0212. The zero-order valence-electron chi connectivity index (χ0n) is 14.3. The van der Waals surface area contributed by atoms with E-state index < -0.39 is 0 Å². The highest BCUT2D eigenvalue weighted by Gasteiger charge is 2.30. The van der Waals surface area contributed by atoms with Gasteiger partial charge < -0.3 is 10.1 Å². The van der Waals surface area contributed by atoms with Crippen LogP contribution < -0.4 is 10.1 Å². The fourth-order valence-electron chi connectivity index (χ4n) is 3.26. The van der Waals surface area contributed by atoms with Gasteiger partial charge in [-0.3, -0.25) is 4.79 Å². The summed E-state index contributed by atoms with van der Waals surface area (Å²) in [5.74, 6) is 1.48. The van der Waals surface area contributed by atoms with Crippen LogP contribution >= 0.6 is 11.6 Å². The van der Waals surface area contributed by atoms with Crippen molar-refractivity contribution >= 4 is 23.3 Å². The lowest BCUT2D eigenvalue weighted by molar-refractivity contribution is -0.116. The molecule has 1 aromatic heterocycles. The molecule has 1 aliphatic heterocycles. The molecule has 0 spiro atoms. The molecule has 1 N–H and O–H groups in total. The van der Waals surface area contributed by atoms with E-state index in [0.29, 0.717) is 23.9 Å². The normalized spacial score (nSPS) is 16.1. The van der Waals surface area contributed by atoms with Crippen molar-refractivity contribution in [3.05, 3.63) is 70.9 Å². The molecule has 0 bridgehead atoms. The fourth-order valence-corrected chi connectivity index (χ4v) is 3.38. The minimum Gasteiger partial charge on any atom is -0.494 e. The Morgan fingerprint density at radius 2 is 1.92 bits per heavy atom.